The summed E-state index contributed by atoms with van der Waals surface area (Å²) < 4.78 is 2.20. The molecule has 3 aromatic heterocycles. The van der Waals surface area contributed by atoms with Crippen LogP contribution in [0.5, 0.6) is 5.75 Å². The van der Waals surface area contributed by atoms with Gasteiger partial charge in [-0.1, -0.05) is 18.2 Å². The SMILES string of the molecule is Cc1c2[nH]c3cc(O)ccc3c2cc[n+]1-c1ccc2c(c1)[nH]c1ccccc12. The fourth-order valence-electron chi connectivity index (χ4n) is 4.32. The van der Waals surface area contributed by atoms with Gasteiger partial charge in [-0.3, -0.25) is 0 Å². The minimum absolute atomic E-state index is 0.272. The van der Waals surface area contributed by atoms with Gasteiger partial charge >= 0.3 is 0 Å². The van der Waals surface area contributed by atoms with E-state index in [0.29, 0.717) is 0 Å². The molecular formula is C24H18N3O+. The van der Waals surface area contributed by atoms with Crippen molar-refractivity contribution in [2.75, 3.05) is 0 Å². The number of H-pyrrole nitrogens is 2. The third-order valence-corrected chi connectivity index (χ3v) is 5.70. The van der Waals surface area contributed by atoms with Gasteiger partial charge in [-0.15, -0.1) is 0 Å². The summed E-state index contributed by atoms with van der Waals surface area (Å²) in [6, 6.07) is 22.5. The minimum Gasteiger partial charge on any atom is -0.508 e. The number of phenolic OH excluding ortho intramolecular Hbond substituents is 1. The molecule has 0 aliphatic heterocycles. The molecule has 3 N–H and O–H groups in total. The average Bonchev–Trinajstić information content (AvgIpc) is 3.26. The molecule has 3 heterocycles. The molecule has 0 saturated heterocycles. The predicted octanol–water partition coefficient (Wildman–Crippen LogP) is 5.25. The molecule has 0 atom stereocenters. The lowest BCUT2D eigenvalue weighted by molar-refractivity contribution is -0.601. The lowest BCUT2D eigenvalue weighted by Gasteiger charge is -2.01. The van der Waals surface area contributed by atoms with Gasteiger partial charge in [-0.25, -0.2) is 0 Å². The lowest BCUT2D eigenvalue weighted by Crippen LogP contribution is -2.33. The van der Waals surface area contributed by atoms with E-state index in [2.05, 4.69) is 76.2 Å². The number of aromatic nitrogens is 3. The van der Waals surface area contributed by atoms with Crippen molar-refractivity contribution < 1.29 is 9.67 Å². The van der Waals surface area contributed by atoms with E-state index in [4.69, 9.17) is 0 Å². The van der Waals surface area contributed by atoms with Crippen molar-refractivity contribution in [3.63, 3.8) is 0 Å². The van der Waals surface area contributed by atoms with Gasteiger partial charge in [-0.05, 0) is 24.3 Å². The first kappa shape index (κ1) is 15.3. The molecule has 6 aromatic rings. The van der Waals surface area contributed by atoms with Gasteiger partial charge in [0.25, 0.3) is 0 Å². The molecule has 4 nitrogen and oxygen atoms in total. The van der Waals surface area contributed by atoms with Crippen molar-refractivity contribution in [2.45, 2.75) is 6.92 Å². The number of aryl methyl sites for hydroxylation is 1. The zero-order valence-corrected chi connectivity index (χ0v) is 15.3. The van der Waals surface area contributed by atoms with Crippen LogP contribution in [0.25, 0.3) is 49.3 Å². The van der Waals surface area contributed by atoms with Crippen LogP contribution in [-0.4, -0.2) is 15.1 Å². The molecule has 0 bridgehead atoms. The molecule has 28 heavy (non-hydrogen) atoms. The van der Waals surface area contributed by atoms with Crippen LogP contribution in [-0.2, 0) is 0 Å². The maximum atomic E-state index is 9.79. The number of hydrogen-bond donors (Lipinski definition) is 3. The standard InChI is InChI=1S/C24H17N3O/c1-14-24-20(19-9-7-16(28)13-23(19)26-24)10-11-27(14)15-6-8-18-17-4-2-3-5-21(17)25-22(18)12-15/h2-13,25H,1H3,(H,26,28)/p+1. The molecule has 0 saturated carbocycles. The Bertz CT molecular complexity index is 1540. The molecule has 0 radical (unpaired) electrons. The van der Waals surface area contributed by atoms with Crippen molar-refractivity contribution in [1.29, 1.82) is 0 Å². The van der Waals surface area contributed by atoms with E-state index in [-0.39, 0.29) is 5.75 Å². The summed E-state index contributed by atoms with van der Waals surface area (Å²) in [5, 5.41) is 14.6. The van der Waals surface area contributed by atoms with Crippen molar-refractivity contribution in [3.8, 4) is 11.4 Å². The van der Waals surface area contributed by atoms with Crippen LogP contribution in [0.1, 0.15) is 5.69 Å². The Kier molecular flexibility index (Phi) is 2.93. The first-order chi connectivity index (χ1) is 13.7. The number of phenols is 1. The van der Waals surface area contributed by atoms with Gasteiger partial charge in [0, 0.05) is 58.3 Å². The summed E-state index contributed by atoms with van der Waals surface area (Å²) in [5.74, 6) is 0.272. The third-order valence-electron chi connectivity index (χ3n) is 5.70. The molecule has 4 heteroatoms. The van der Waals surface area contributed by atoms with Crippen molar-refractivity contribution in [1.82, 2.24) is 9.97 Å². The molecule has 0 aliphatic carbocycles. The van der Waals surface area contributed by atoms with Crippen LogP contribution >= 0.6 is 0 Å². The summed E-state index contributed by atoms with van der Waals surface area (Å²) >= 11 is 0. The molecule has 134 valence electrons. The highest BCUT2D eigenvalue weighted by molar-refractivity contribution is 6.08. The Balaban J connectivity index is 1.60. The smallest absolute Gasteiger partial charge is 0.213 e. The fourth-order valence-corrected chi connectivity index (χ4v) is 4.32. The molecule has 6 rings (SSSR count). The van der Waals surface area contributed by atoms with Crippen molar-refractivity contribution in [3.05, 3.63) is 78.6 Å². The maximum Gasteiger partial charge on any atom is 0.213 e. The second-order valence-electron chi connectivity index (χ2n) is 7.32. The van der Waals surface area contributed by atoms with E-state index in [1.54, 1.807) is 12.1 Å². The molecular weight excluding hydrogens is 346 g/mol. The number of benzene rings is 3. The number of para-hydroxylation sites is 1. The third kappa shape index (κ3) is 2.03. The van der Waals surface area contributed by atoms with Crippen LogP contribution in [0, 0.1) is 6.92 Å². The normalized spacial score (nSPS) is 11.9. The molecule has 0 fully saturated rings. The van der Waals surface area contributed by atoms with Crippen LogP contribution in [0.2, 0.25) is 0 Å². The Morgan fingerprint density at radius 2 is 1.46 bits per heavy atom. The minimum atomic E-state index is 0.272. The highest BCUT2D eigenvalue weighted by Crippen LogP contribution is 2.30. The van der Waals surface area contributed by atoms with Gasteiger partial charge in [0.05, 0.1) is 11.0 Å². The number of pyridine rings is 1. The van der Waals surface area contributed by atoms with Gasteiger partial charge in [0.15, 0.2) is 6.20 Å². The van der Waals surface area contributed by atoms with Gasteiger partial charge < -0.3 is 15.1 Å². The lowest BCUT2D eigenvalue weighted by atomic mass is 10.1. The van der Waals surface area contributed by atoms with E-state index in [9.17, 15) is 5.11 Å². The Morgan fingerprint density at radius 3 is 2.39 bits per heavy atom. The van der Waals surface area contributed by atoms with E-state index in [1.165, 1.54) is 10.8 Å². The topological polar surface area (TPSA) is 55.7 Å². The first-order valence-corrected chi connectivity index (χ1v) is 9.35. The highest BCUT2D eigenvalue weighted by Gasteiger charge is 2.18. The number of aromatic amines is 2. The number of rotatable bonds is 1. The van der Waals surface area contributed by atoms with Crippen LogP contribution in [0.4, 0.5) is 0 Å². The van der Waals surface area contributed by atoms with E-state index >= 15 is 0 Å². The van der Waals surface area contributed by atoms with E-state index < -0.39 is 0 Å². The fraction of sp³-hybridized carbons (Fsp3) is 0.0417. The Labute approximate surface area is 160 Å². The summed E-state index contributed by atoms with van der Waals surface area (Å²) in [5.41, 5.74) is 6.56. The first-order valence-electron chi connectivity index (χ1n) is 9.35. The Morgan fingerprint density at radius 1 is 0.714 bits per heavy atom. The molecule has 0 unspecified atom stereocenters. The van der Waals surface area contributed by atoms with E-state index in [0.717, 1.165) is 44.2 Å². The van der Waals surface area contributed by atoms with Gasteiger partial charge in [-0.2, -0.15) is 4.57 Å². The molecule has 0 aliphatic rings. The number of fused-ring (bicyclic) bond motifs is 6. The maximum absolute atomic E-state index is 9.79. The van der Waals surface area contributed by atoms with E-state index in [1.807, 2.05) is 6.07 Å². The zero-order valence-electron chi connectivity index (χ0n) is 15.3. The predicted molar refractivity (Wildman–Crippen MR) is 113 cm³/mol. The quantitative estimate of drug-likeness (QED) is 0.343. The summed E-state index contributed by atoms with van der Waals surface area (Å²) in [4.78, 5) is 6.99. The Hall–Kier alpha value is -3.79. The second kappa shape index (κ2) is 5.36. The summed E-state index contributed by atoms with van der Waals surface area (Å²) in [6.07, 6.45) is 2.11. The summed E-state index contributed by atoms with van der Waals surface area (Å²) in [7, 11) is 0. The number of hydrogen-bond acceptors (Lipinski definition) is 1. The van der Waals surface area contributed by atoms with Crippen LogP contribution < -0.4 is 4.57 Å². The average molecular weight is 364 g/mol. The monoisotopic (exact) mass is 364 g/mol. The van der Waals surface area contributed by atoms with Crippen molar-refractivity contribution >= 4 is 43.6 Å². The van der Waals surface area contributed by atoms with Crippen LogP contribution in [0.3, 0.4) is 0 Å². The van der Waals surface area contributed by atoms with Crippen molar-refractivity contribution in [2.24, 2.45) is 0 Å². The number of nitrogens with zero attached hydrogens (tertiary/aromatic N) is 1. The zero-order chi connectivity index (χ0) is 18.8. The molecule has 3 aromatic carbocycles. The van der Waals surface area contributed by atoms with Gasteiger partial charge in [0.1, 0.15) is 11.3 Å². The largest absolute Gasteiger partial charge is 0.508 e. The number of nitrogens with one attached hydrogen (secondary N) is 2. The highest BCUT2D eigenvalue weighted by atomic mass is 16.3. The van der Waals surface area contributed by atoms with Crippen LogP contribution in [0.15, 0.2) is 72.9 Å². The molecule has 0 amide bonds. The second-order valence-corrected chi connectivity index (χ2v) is 7.32. The summed E-state index contributed by atoms with van der Waals surface area (Å²) in [6.45, 7) is 2.12. The van der Waals surface area contributed by atoms with Gasteiger partial charge in [0.2, 0.25) is 11.4 Å². The number of aromatic hydroxyl groups is 1. The molecule has 0 spiro atoms.